The van der Waals surface area contributed by atoms with Gasteiger partial charge in [0.05, 0.1) is 13.2 Å². The highest BCUT2D eigenvalue weighted by Crippen LogP contribution is 2.32. The van der Waals surface area contributed by atoms with Crippen molar-refractivity contribution in [2.45, 2.75) is 19.8 Å². The van der Waals surface area contributed by atoms with E-state index in [2.05, 4.69) is 22.5 Å². The summed E-state index contributed by atoms with van der Waals surface area (Å²) >= 11 is 0. The number of hydrogen-bond donors (Lipinski definition) is 3. The van der Waals surface area contributed by atoms with Crippen LogP contribution in [0.15, 0.2) is 47.5 Å². The highest BCUT2D eigenvalue weighted by molar-refractivity contribution is 5.97. The second-order valence-corrected chi connectivity index (χ2v) is 6.14. The molecule has 0 aliphatic carbocycles. The highest BCUT2D eigenvalue weighted by atomic mass is 16.5. The zero-order chi connectivity index (χ0) is 19.1. The van der Waals surface area contributed by atoms with Crippen LogP contribution in [0.2, 0.25) is 0 Å². The summed E-state index contributed by atoms with van der Waals surface area (Å²) in [5.74, 6) is 1.30. The summed E-state index contributed by atoms with van der Waals surface area (Å²) in [4.78, 5) is 16.1. The molecule has 7 nitrogen and oxygen atoms in total. The first-order valence-electron chi connectivity index (χ1n) is 8.99. The fraction of sp³-hybridized carbons (Fsp3) is 0.300. The maximum atomic E-state index is 12.1. The molecule has 4 N–H and O–H groups in total. The Morgan fingerprint density at radius 3 is 2.67 bits per heavy atom. The Bertz CT molecular complexity index is 836. The molecule has 1 amide bonds. The maximum absolute atomic E-state index is 12.1. The molecule has 0 atom stereocenters. The molecular weight excluding hydrogens is 344 g/mol. The smallest absolute Gasteiger partial charge is 0.246 e. The number of hydrogen-bond acceptors (Lipinski definition) is 4. The number of aryl methyl sites for hydroxylation is 1. The van der Waals surface area contributed by atoms with Gasteiger partial charge in [-0.3, -0.25) is 4.79 Å². The van der Waals surface area contributed by atoms with E-state index in [1.807, 2.05) is 36.4 Å². The molecule has 2 aromatic carbocycles. The van der Waals surface area contributed by atoms with Crippen LogP contribution in [0, 0.1) is 0 Å². The number of anilines is 2. The lowest BCUT2D eigenvalue weighted by molar-refractivity contribution is -0.114. The van der Waals surface area contributed by atoms with Crippen LogP contribution in [-0.2, 0) is 11.2 Å². The molecule has 0 aromatic heterocycles. The molecule has 0 bridgehead atoms. The number of carbonyl (C=O) groups excluding carboxylic acids is 1. The number of fused-ring (bicyclic) bond motifs is 1. The fourth-order valence-electron chi connectivity index (χ4n) is 2.65. The van der Waals surface area contributed by atoms with Gasteiger partial charge in [-0.05, 0) is 36.2 Å². The summed E-state index contributed by atoms with van der Waals surface area (Å²) in [7, 11) is 0. The molecule has 0 saturated carbocycles. The third-order valence-electron chi connectivity index (χ3n) is 4.03. The SMILES string of the molecule is CCc1cccc(NC(=O)CN=C(N)Nc2ccc3c(c2)OCCCO3)c1. The molecule has 0 unspecified atom stereocenters. The van der Waals surface area contributed by atoms with E-state index < -0.39 is 0 Å². The van der Waals surface area contributed by atoms with Crippen molar-refractivity contribution in [3.8, 4) is 11.5 Å². The number of benzene rings is 2. The Labute approximate surface area is 158 Å². The quantitative estimate of drug-likeness (QED) is 0.557. The Kier molecular flexibility index (Phi) is 6.14. The monoisotopic (exact) mass is 368 g/mol. The molecule has 0 saturated heterocycles. The average Bonchev–Trinajstić information content (AvgIpc) is 2.91. The van der Waals surface area contributed by atoms with Gasteiger partial charge in [0.2, 0.25) is 5.91 Å². The average molecular weight is 368 g/mol. The van der Waals surface area contributed by atoms with Gasteiger partial charge in [0.15, 0.2) is 17.5 Å². The second-order valence-electron chi connectivity index (χ2n) is 6.14. The Morgan fingerprint density at radius 1 is 1.07 bits per heavy atom. The lowest BCUT2D eigenvalue weighted by Crippen LogP contribution is -2.25. The van der Waals surface area contributed by atoms with Crippen LogP contribution >= 0.6 is 0 Å². The summed E-state index contributed by atoms with van der Waals surface area (Å²) in [6.07, 6.45) is 1.76. The van der Waals surface area contributed by atoms with Gasteiger partial charge in [-0.25, -0.2) is 4.99 Å². The van der Waals surface area contributed by atoms with Crippen LogP contribution in [0.4, 0.5) is 11.4 Å². The van der Waals surface area contributed by atoms with Crippen molar-refractivity contribution in [3.05, 3.63) is 48.0 Å². The van der Waals surface area contributed by atoms with Gasteiger partial charge in [-0.2, -0.15) is 0 Å². The summed E-state index contributed by atoms with van der Waals surface area (Å²) in [6.45, 7) is 3.25. The first-order valence-corrected chi connectivity index (χ1v) is 8.99. The van der Waals surface area contributed by atoms with E-state index in [1.165, 1.54) is 0 Å². The van der Waals surface area contributed by atoms with Crippen molar-refractivity contribution < 1.29 is 14.3 Å². The van der Waals surface area contributed by atoms with Crippen molar-refractivity contribution in [2.24, 2.45) is 10.7 Å². The van der Waals surface area contributed by atoms with Crippen LogP contribution in [-0.4, -0.2) is 31.6 Å². The normalized spacial score (nSPS) is 13.6. The first kappa shape index (κ1) is 18.6. The summed E-state index contributed by atoms with van der Waals surface area (Å²) in [5.41, 5.74) is 8.52. The lowest BCUT2D eigenvalue weighted by Gasteiger charge is -2.11. The first-order chi connectivity index (χ1) is 13.1. The molecule has 0 spiro atoms. The van der Waals surface area contributed by atoms with Crippen molar-refractivity contribution in [1.29, 1.82) is 0 Å². The van der Waals surface area contributed by atoms with E-state index in [0.717, 1.165) is 29.8 Å². The van der Waals surface area contributed by atoms with Crippen molar-refractivity contribution in [3.63, 3.8) is 0 Å². The Balaban J connectivity index is 1.56. The van der Waals surface area contributed by atoms with Crippen LogP contribution in [0.5, 0.6) is 11.5 Å². The van der Waals surface area contributed by atoms with Gasteiger partial charge in [0, 0.05) is 23.9 Å². The van der Waals surface area contributed by atoms with Crippen molar-refractivity contribution in [1.82, 2.24) is 0 Å². The molecule has 27 heavy (non-hydrogen) atoms. The number of amides is 1. The van der Waals surface area contributed by atoms with E-state index in [1.54, 1.807) is 6.07 Å². The van der Waals surface area contributed by atoms with Gasteiger partial charge < -0.3 is 25.8 Å². The fourth-order valence-corrected chi connectivity index (χ4v) is 2.65. The van der Waals surface area contributed by atoms with Gasteiger partial charge in [0.1, 0.15) is 6.54 Å². The summed E-state index contributed by atoms with van der Waals surface area (Å²) in [6, 6.07) is 13.2. The predicted octanol–water partition coefficient (Wildman–Crippen LogP) is 2.78. The van der Waals surface area contributed by atoms with Crippen LogP contribution in [0.3, 0.4) is 0 Å². The number of nitrogens with two attached hydrogens (primary N) is 1. The van der Waals surface area contributed by atoms with E-state index in [0.29, 0.717) is 24.7 Å². The Hall–Kier alpha value is -3.22. The van der Waals surface area contributed by atoms with Gasteiger partial charge in [-0.1, -0.05) is 19.1 Å². The zero-order valence-corrected chi connectivity index (χ0v) is 15.3. The predicted molar refractivity (Wildman–Crippen MR) is 107 cm³/mol. The van der Waals surface area contributed by atoms with E-state index >= 15 is 0 Å². The summed E-state index contributed by atoms with van der Waals surface area (Å²) < 4.78 is 11.2. The molecule has 1 heterocycles. The third kappa shape index (κ3) is 5.37. The van der Waals surface area contributed by atoms with E-state index in [9.17, 15) is 4.79 Å². The number of nitrogens with zero attached hydrogens (tertiary/aromatic N) is 1. The van der Waals surface area contributed by atoms with Crippen molar-refractivity contribution >= 4 is 23.2 Å². The standard InChI is InChI=1S/C20H24N4O3/c1-2-14-5-3-6-15(11-14)23-19(25)13-22-20(21)24-16-7-8-17-18(12-16)27-10-4-9-26-17/h3,5-8,11-12H,2,4,9-10,13H2,1H3,(H,23,25)(H3,21,22,24). The largest absolute Gasteiger partial charge is 0.490 e. The number of carbonyl (C=O) groups is 1. The molecule has 1 aliphatic rings. The topological polar surface area (TPSA) is 98.0 Å². The van der Waals surface area contributed by atoms with Crippen LogP contribution in [0.25, 0.3) is 0 Å². The molecule has 1 aliphatic heterocycles. The van der Waals surface area contributed by atoms with Gasteiger partial charge in [0.25, 0.3) is 0 Å². The molecular formula is C20H24N4O3. The van der Waals surface area contributed by atoms with Crippen LogP contribution < -0.4 is 25.8 Å². The highest BCUT2D eigenvalue weighted by Gasteiger charge is 2.11. The number of rotatable bonds is 5. The molecule has 0 radical (unpaired) electrons. The van der Waals surface area contributed by atoms with Gasteiger partial charge in [-0.15, -0.1) is 0 Å². The minimum Gasteiger partial charge on any atom is -0.490 e. The minimum atomic E-state index is -0.230. The number of nitrogens with one attached hydrogen (secondary N) is 2. The van der Waals surface area contributed by atoms with Crippen LogP contribution in [0.1, 0.15) is 18.9 Å². The second kappa shape index (κ2) is 8.93. The number of aliphatic imine (C=N–C) groups is 1. The molecule has 7 heteroatoms. The Morgan fingerprint density at radius 2 is 1.85 bits per heavy atom. The van der Waals surface area contributed by atoms with Gasteiger partial charge >= 0.3 is 0 Å². The molecule has 0 fully saturated rings. The third-order valence-corrected chi connectivity index (χ3v) is 4.03. The lowest BCUT2D eigenvalue weighted by atomic mass is 10.1. The van der Waals surface area contributed by atoms with E-state index in [-0.39, 0.29) is 18.4 Å². The summed E-state index contributed by atoms with van der Waals surface area (Å²) in [5, 5.41) is 5.78. The number of ether oxygens (including phenoxy) is 2. The molecule has 3 rings (SSSR count). The minimum absolute atomic E-state index is 0.0697. The zero-order valence-electron chi connectivity index (χ0n) is 15.3. The van der Waals surface area contributed by atoms with Crippen molar-refractivity contribution in [2.75, 3.05) is 30.4 Å². The molecule has 2 aromatic rings. The molecule has 142 valence electrons. The maximum Gasteiger partial charge on any atom is 0.246 e. The van der Waals surface area contributed by atoms with E-state index in [4.69, 9.17) is 15.2 Å². The number of guanidine groups is 1.